The van der Waals surface area contributed by atoms with E-state index in [9.17, 15) is 8.78 Å². The second-order valence-corrected chi connectivity index (χ2v) is 5.24. The van der Waals surface area contributed by atoms with E-state index in [-0.39, 0.29) is 4.83 Å². The largest absolute Gasteiger partial charge is 0.207 e. The first-order chi connectivity index (χ1) is 7.59. The van der Waals surface area contributed by atoms with Crippen LogP contribution in [0.15, 0.2) is 29.0 Å². The number of aryl methyl sites for hydroxylation is 1. The van der Waals surface area contributed by atoms with E-state index in [1.165, 1.54) is 0 Å². The lowest BCUT2D eigenvalue weighted by Crippen LogP contribution is -1.98. The van der Waals surface area contributed by atoms with Crippen molar-refractivity contribution in [3.05, 3.63) is 57.3 Å². The third-order valence-corrected chi connectivity index (χ3v) is 4.11. The van der Waals surface area contributed by atoms with E-state index < -0.39 is 11.6 Å². The van der Waals surface area contributed by atoms with E-state index in [0.29, 0.717) is 11.1 Å². The van der Waals surface area contributed by atoms with Crippen LogP contribution in [-0.4, -0.2) is 0 Å². The van der Waals surface area contributed by atoms with Gasteiger partial charge in [0.2, 0.25) is 0 Å². The van der Waals surface area contributed by atoms with Crippen LogP contribution in [0.4, 0.5) is 8.78 Å². The molecule has 2 rings (SSSR count). The predicted molar refractivity (Wildman–Crippen MR) is 66.2 cm³/mol. The molecule has 0 nitrogen and oxygen atoms in total. The molecule has 1 aromatic heterocycles. The highest BCUT2D eigenvalue weighted by molar-refractivity contribution is 9.09. The van der Waals surface area contributed by atoms with Crippen LogP contribution in [0.3, 0.4) is 0 Å². The van der Waals surface area contributed by atoms with Crippen LogP contribution in [0.25, 0.3) is 0 Å². The Bertz CT molecular complexity index is 494. The molecule has 0 saturated carbocycles. The summed E-state index contributed by atoms with van der Waals surface area (Å²) >= 11 is 4.98. The van der Waals surface area contributed by atoms with Crippen LogP contribution in [0.2, 0.25) is 0 Å². The molecule has 4 heteroatoms. The zero-order chi connectivity index (χ0) is 11.7. The van der Waals surface area contributed by atoms with Crippen molar-refractivity contribution in [3.63, 3.8) is 0 Å². The van der Waals surface area contributed by atoms with Gasteiger partial charge in [-0.05, 0) is 40.9 Å². The first-order valence-electron chi connectivity index (χ1n) is 4.71. The van der Waals surface area contributed by atoms with Crippen molar-refractivity contribution in [3.8, 4) is 0 Å². The van der Waals surface area contributed by atoms with Crippen molar-refractivity contribution in [2.45, 2.75) is 11.8 Å². The average molecular weight is 303 g/mol. The van der Waals surface area contributed by atoms with Crippen LogP contribution in [0.1, 0.15) is 21.5 Å². The Labute approximate surface area is 105 Å². The second-order valence-electron chi connectivity index (χ2n) is 3.54. The van der Waals surface area contributed by atoms with Crippen molar-refractivity contribution in [2.24, 2.45) is 0 Å². The highest BCUT2D eigenvalue weighted by Gasteiger charge is 2.17. The minimum Gasteiger partial charge on any atom is -0.207 e. The van der Waals surface area contributed by atoms with Gasteiger partial charge in [-0.15, -0.1) is 0 Å². The molecule has 0 radical (unpaired) electrons. The molecule has 0 aliphatic carbocycles. The Morgan fingerprint density at radius 1 is 1.25 bits per heavy atom. The Hall–Kier alpha value is -0.740. The van der Waals surface area contributed by atoms with E-state index in [1.807, 2.05) is 16.8 Å². The highest BCUT2D eigenvalue weighted by Crippen LogP contribution is 2.34. The zero-order valence-electron chi connectivity index (χ0n) is 8.51. The van der Waals surface area contributed by atoms with Gasteiger partial charge in [-0.3, -0.25) is 0 Å². The van der Waals surface area contributed by atoms with E-state index >= 15 is 0 Å². The highest BCUT2D eigenvalue weighted by atomic mass is 79.9. The molecule has 0 spiro atoms. The molecule has 1 unspecified atom stereocenters. The van der Waals surface area contributed by atoms with E-state index in [1.54, 1.807) is 24.3 Å². The van der Waals surface area contributed by atoms with Gasteiger partial charge in [-0.25, -0.2) is 8.78 Å². The van der Waals surface area contributed by atoms with Gasteiger partial charge in [0.1, 0.15) is 11.6 Å². The minimum atomic E-state index is -0.517. The van der Waals surface area contributed by atoms with Crippen LogP contribution < -0.4 is 0 Å². The fourth-order valence-electron chi connectivity index (χ4n) is 1.47. The molecule has 0 fully saturated rings. The van der Waals surface area contributed by atoms with Gasteiger partial charge in [0.25, 0.3) is 0 Å². The Balaban J connectivity index is 2.44. The zero-order valence-corrected chi connectivity index (χ0v) is 10.9. The Kier molecular flexibility index (Phi) is 3.40. The topological polar surface area (TPSA) is 0 Å². The summed E-state index contributed by atoms with van der Waals surface area (Å²) in [5, 5.41) is 3.87. The Morgan fingerprint density at radius 3 is 2.62 bits per heavy atom. The maximum Gasteiger partial charge on any atom is 0.130 e. The molecular formula is C12H9BrF2S. The molecule has 0 saturated heterocycles. The number of hydrogen-bond donors (Lipinski definition) is 0. The van der Waals surface area contributed by atoms with Gasteiger partial charge in [0, 0.05) is 11.6 Å². The maximum absolute atomic E-state index is 13.6. The molecule has 0 amide bonds. The lowest BCUT2D eigenvalue weighted by atomic mass is 10.0. The monoisotopic (exact) mass is 302 g/mol. The SMILES string of the molecule is Cc1cc(C(Br)c2ccsc2)c(F)cc1F. The fourth-order valence-corrected chi connectivity index (χ4v) is 2.97. The van der Waals surface area contributed by atoms with Crippen molar-refractivity contribution in [1.82, 2.24) is 0 Å². The summed E-state index contributed by atoms with van der Waals surface area (Å²) in [4.78, 5) is -0.224. The molecule has 0 aliphatic rings. The van der Waals surface area contributed by atoms with E-state index in [0.717, 1.165) is 11.6 Å². The third-order valence-electron chi connectivity index (χ3n) is 2.39. The number of rotatable bonds is 2. The van der Waals surface area contributed by atoms with Crippen LogP contribution in [0.5, 0.6) is 0 Å². The molecule has 1 aromatic carbocycles. The van der Waals surface area contributed by atoms with Crippen molar-refractivity contribution in [2.75, 3.05) is 0 Å². The summed E-state index contributed by atoms with van der Waals surface area (Å²) in [5.74, 6) is -1.03. The molecule has 0 aliphatic heterocycles. The van der Waals surface area contributed by atoms with Crippen molar-refractivity contribution in [1.29, 1.82) is 0 Å². The van der Waals surface area contributed by atoms with Crippen LogP contribution in [-0.2, 0) is 0 Å². The van der Waals surface area contributed by atoms with Gasteiger partial charge in [-0.2, -0.15) is 11.3 Å². The maximum atomic E-state index is 13.6. The lowest BCUT2D eigenvalue weighted by Gasteiger charge is -2.11. The molecular weight excluding hydrogens is 294 g/mol. The Morgan fingerprint density at radius 2 is 2.00 bits per heavy atom. The number of hydrogen-bond acceptors (Lipinski definition) is 1. The summed E-state index contributed by atoms with van der Waals surface area (Å²) in [6.45, 7) is 1.63. The van der Waals surface area contributed by atoms with E-state index in [2.05, 4.69) is 15.9 Å². The van der Waals surface area contributed by atoms with Gasteiger partial charge >= 0.3 is 0 Å². The van der Waals surface area contributed by atoms with Gasteiger partial charge < -0.3 is 0 Å². The van der Waals surface area contributed by atoms with Crippen molar-refractivity contribution < 1.29 is 8.78 Å². The van der Waals surface area contributed by atoms with Crippen LogP contribution >= 0.6 is 27.3 Å². The fraction of sp³-hybridized carbons (Fsp3) is 0.167. The number of benzene rings is 1. The molecule has 84 valence electrons. The first kappa shape index (κ1) is 11.7. The summed E-state index contributed by atoms with van der Waals surface area (Å²) in [7, 11) is 0. The molecule has 0 bridgehead atoms. The van der Waals surface area contributed by atoms with E-state index in [4.69, 9.17) is 0 Å². The smallest absolute Gasteiger partial charge is 0.130 e. The standard InChI is InChI=1S/C12H9BrF2S/c1-7-4-9(11(15)5-10(7)14)12(13)8-2-3-16-6-8/h2-6,12H,1H3. The van der Waals surface area contributed by atoms with Crippen LogP contribution in [0, 0.1) is 18.6 Å². The normalized spacial score (nSPS) is 12.8. The first-order valence-corrected chi connectivity index (χ1v) is 6.57. The summed E-state index contributed by atoms with van der Waals surface area (Å²) < 4.78 is 26.7. The number of thiophene rings is 1. The summed E-state index contributed by atoms with van der Waals surface area (Å²) in [6, 6.07) is 4.40. The second kappa shape index (κ2) is 4.63. The molecule has 0 N–H and O–H groups in total. The van der Waals surface area contributed by atoms with Crippen molar-refractivity contribution >= 4 is 27.3 Å². The van der Waals surface area contributed by atoms with Gasteiger partial charge in [-0.1, -0.05) is 15.9 Å². The lowest BCUT2D eigenvalue weighted by molar-refractivity contribution is 0.569. The van der Waals surface area contributed by atoms with Gasteiger partial charge in [0.05, 0.1) is 4.83 Å². The third kappa shape index (κ3) is 2.18. The molecule has 16 heavy (non-hydrogen) atoms. The molecule has 1 heterocycles. The quantitative estimate of drug-likeness (QED) is 0.698. The average Bonchev–Trinajstić information content (AvgIpc) is 2.75. The number of alkyl halides is 1. The molecule has 1 atom stereocenters. The van der Waals surface area contributed by atoms with Gasteiger partial charge in [0.15, 0.2) is 0 Å². The summed E-state index contributed by atoms with van der Waals surface area (Å²) in [6.07, 6.45) is 0. The summed E-state index contributed by atoms with van der Waals surface area (Å²) in [5.41, 5.74) is 1.91. The minimum absolute atomic E-state index is 0.224. The molecule has 2 aromatic rings. The predicted octanol–water partition coefficient (Wildman–Crippen LogP) is 4.82. The number of halogens is 3.